The molecule has 0 amide bonds. The normalized spacial score (nSPS) is 12.2. The average Bonchev–Trinajstić information content (AvgIpc) is 1.63. The van der Waals surface area contributed by atoms with Crippen molar-refractivity contribution in [3.8, 4) is 0 Å². The highest BCUT2D eigenvalue weighted by molar-refractivity contribution is 5.53. The Morgan fingerprint density at radius 1 is 1.56 bits per heavy atom. The summed E-state index contributed by atoms with van der Waals surface area (Å²) in [5.74, 6) is 0.560. The van der Waals surface area contributed by atoms with Gasteiger partial charge in [0.1, 0.15) is 6.29 Å². The van der Waals surface area contributed by atoms with Crippen molar-refractivity contribution in [1.82, 2.24) is 0 Å². The molecular formula is C8H14O. The van der Waals surface area contributed by atoms with Gasteiger partial charge in [-0.1, -0.05) is 25.5 Å². The molecule has 0 radical (unpaired) electrons. The molecule has 0 atom stereocenters. The van der Waals surface area contributed by atoms with Crippen molar-refractivity contribution in [1.29, 1.82) is 0 Å². The molecule has 9 heavy (non-hydrogen) atoms. The van der Waals surface area contributed by atoms with Gasteiger partial charge in [-0.25, -0.2) is 0 Å². The van der Waals surface area contributed by atoms with Crippen LogP contribution in [0.5, 0.6) is 0 Å². The van der Waals surface area contributed by atoms with Crippen LogP contribution >= 0.6 is 0 Å². The lowest BCUT2D eigenvalue weighted by Crippen LogP contribution is -1.83. The number of carbonyl (C=O) groups excluding carboxylic acids is 1. The van der Waals surface area contributed by atoms with Crippen molar-refractivity contribution >= 4 is 6.29 Å². The van der Waals surface area contributed by atoms with E-state index in [1.807, 2.05) is 6.92 Å². The summed E-state index contributed by atoms with van der Waals surface area (Å²) in [4.78, 5) is 9.96. The van der Waals surface area contributed by atoms with Crippen molar-refractivity contribution in [2.24, 2.45) is 5.92 Å². The minimum absolute atomic E-state index is 0.560. The lowest BCUT2D eigenvalue weighted by Gasteiger charge is -1.96. The third kappa shape index (κ3) is 5.28. The van der Waals surface area contributed by atoms with Gasteiger partial charge in [0.2, 0.25) is 0 Å². The fourth-order valence-electron chi connectivity index (χ4n) is 0.769. The Balaban J connectivity index is 3.68. The van der Waals surface area contributed by atoms with Gasteiger partial charge in [0.25, 0.3) is 0 Å². The van der Waals surface area contributed by atoms with Crippen LogP contribution in [0.1, 0.15) is 27.2 Å². The van der Waals surface area contributed by atoms with Crippen molar-refractivity contribution in [2.45, 2.75) is 27.2 Å². The van der Waals surface area contributed by atoms with Gasteiger partial charge in [-0.2, -0.15) is 0 Å². The van der Waals surface area contributed by atoms with E-state index in [4.69, 9.17) is 0 Å². The second-order valence-corrected chi connectivity index (χ2v) is 2.63. The standard InChI is InChI=1S/C8H14O/c1-7(2)6-8(3)4-5-9/h5-7H,4H2,1-3H3. The first kappa shape index (κ1) is 8.41. The zero-order valence-corrected chi connectivity index (χ0v) is 6.35. The lowest BCUT2D eigenvalue weighted by atomic mass is 10.1. The van der Waals surface area contributed by atoms with E-state index in [1.54, 1.807) is 0 Å². The summed E-state index contributed by atoms with van der Waals surface area (Å²) in [6.45, 7) is 6.19. The van der Waals surface area contributed by atoms with E-state index >= 15 is 0 Å². The van der Waals surface area contributed by atoms with Crippen LogP contribution in [0.2, 0.25) is 0 Å². The molecule has 0 aliphatic rings. The summed E-state index contributed by atoms with van der Waals surface area (Å²) in [5.41, 5.74) is 1.17. The third-order valence-corrected chi connectivity index (χ3v) is 1.02. The quantitative estimate of drug-likeness (QED) is 0.418. The number of aldehydes is 1. The SMILES string of the molecule is CC(=CC(C)C)CC=O. The molecule has 52 valence electrons. The van der Waals surface area contributed by atoms with Crippen LogP contribution in [-0.2, 0) is 4.79 Å². The zero-order chi connectivity index (χ0) is 7.28. The van der Waals surface area contributed by atoms with E-state index in [2.05, 4.69) is 19.9 Å². The molecule has 0 aliphatic carbocycles. The molecular weight excluding hydrogens is 112 g/mol. The van der Waals surface area contributed by atoms with E-state index < -0.39 is 0 Å². The summed E-state index contributed by atoms with van der Waals surface area (Å²) in [6.07, 6.45) is 3.63. The largest absolute Gasteiger partial charge is 0.303 e. The van der Waals surface area contributed by atoms with Gasteiger partial charge in [-0.05, 0) is 12.8 Å². The molecule has 0 fully saturated rings. The molecule has 0 aromatic rings. The first-order chi connectivity index (χ1) is 4.16. The average molecular weight is 126 g/mol. The molecule has 0 aromatic heterocycles. The van der Waals surface area contributed by atoms with E-state index in [0.29, 0.717) is 12.3 Å². The second kappa shape index (κ2) is 4.30. The van der Waals surface area contributed by atoms with Crippen molar-refractivity contribution in [2.75, 3.05) is 0 Å². The first-order valence-corrected chi connectivity index (χ1v) is 3.27. The maximum atomic E-state index is 9.96. The Labute approximate surface area is 56.8 Å². The van der Waals surface area contributed by atoms with Crippen molar-refractivity contribution in [3.63, 3.8) is 0 Å². The van der Waals surface area contributed by atoms with Crippen LogP contribution in [0.3, 0.4) is 0 Å². The molecule has 0 heterocycles. The van der Waals surface area contributed by atoms with E-state index in [9.17, 15) is 4.79 Å². The molecule has 0 bridgehead atoms. The topological polar surface area (TPSA) is 17.1 Å². The highest BCUT2D eigenvalue weighted by Crippen LogP contribution is 2.02. The minimum Gasteiger partial charge on any atom is -0.303 e. The molecule has 0 saturated carbocycles. The van der Waals surface area contributed by atoms with Crippen LogP contribution in [-0.4, -0.2) is 6.29 Å². The van der Waals surface area contributed by atoms with Crippen LogP contribution in [0.15, 0.2) is 11.6 Å². The smallest absolute Gasteiger partial charge is 0.124 e. The van der Waals surface area contributed by atoms with E-state index in [1.165, 1.54) is 5.57 Å². The van der Waals surface area contributed by atoms with Gasteiger partial charge in [-0.15, -0.1) is 0 Å². The number of carbonyl (C=O) groups is 1. The molecule has 0 spiro atoms. The summed E-state index contributed by atoms with van der Waals surface area (Å²) in [6, 6.07) is 0. The predicted molar refractivity (Wildman–Crippen MR) is 39.3 cm³/mol. The second-order valence-electron chi connectivity index (χ2n) is 2.63. The highest BCUT2D eigenvalue weighted by atomic mass is 16.1. The van der Waals surface area contributed by atoms with Gasteiger partial charge in [0.05, 0.1) is 0 Å². The van der Waals surface area contributed by atoms with Gasteiger partial charge < -0.3 is 4.79 Å². The van der Waals surface area contributed by atoms with E-state index in [-0.39, 0.29) is 0 Å². The maximum Gasteiger partial charge on any atom is 0.124 e. The summed E-state index contributed by atoms with van der Waals surface area (Å²) < 4.78 is 0. The van der Waals surface area contributed by atoms with Crippen LogP contribution in [0.4, 0.5) is 0 Å². The van der Waals surface area contributed by atoms with Crippen LogP contribution in [0.25, 0.3) is 0 Å². The maximum absolute atomic E-state index is 9.96. The molecule has 0 rings (SSSR count). The monoisotopic (exact) mass is 126 g/mol. The number of allylic oxidation sites excluding steroid dienone is 2. The van der Waals surface area contributed by atoms with Crippen molar-refractivity contribution < 1.29 is 4.79 Å². The first-order valence-electron chi connectivity index (χ1n) is 3.27. The Morgan fingerprint density at radius 3 is 2.44 bits per heavy atom. The highest BCUT2D eigenvalue weighted by Gasteiger charge is 1.89. The van der Waals surface area contributed by atoms with Gasteiger partial charge in [0, 0.05) is 6.42 Å². The Morgan fingerprint density at radius 2 is 2.11 bits per heavy atom. The van der Waals surface area contributed by atoms with Crippen molar-refractivity contribution in [3.05, 3.63) is 11.6 Å². The summed E-state index contributed by atoms with van der Waals surface area (Å²) in [7, 11) is 0. The third-order valence-electron chi connectivity index (χ3n) is 1.02. The summed E-state index contributed by atoms with van der Waals surface area (Å²) in [5, 5.41) is 0. The molecule has 0 N–H and O–H groups in total. The fraction of sp³-hybridized carbons (Fsp3) is 0.625. The number of rotatable bonds is 3. The molecule has 1 nitrogen and oxygen atoms in total. The Bertz CT molecular complexity index is 112. The number of hydrogen-bond acceptors (Lipinski definition) is 1. The molecule has 0 saturated heterocycles. The van der Waals surface area contributed by atoms with Gasteiger partial charge in [-0.3, -0.25) is 0 Å². The van der Waals surface area contributed by atoms with Gasteiger partial charge in [0.15, 0.2) is 0 Å². The number of hydrogen-bond donors (Lipinski definition) is 0. The predicted octanol–water partition coefficient (Wildman–Crippen LogP) is 2.18. The molecule has 0 aromatic carbocycles. The Kier molecular flexibility index (Phi) is 4.02. The minimum atomic E-state index is 0.560. The Hall–Kier alpha value is -0.590. The van der Waals surface area contributed by atoms with E-state index in [0.717, 1.165) is 6.29 Å². The molecule has 0 unspecified atom stereocenters. The lowest BCUT2D eigenvalue weighted by molar-refractivity contribution is -0.107. The molecule has 1 heteroatoms. The summed E-state index contributed by atoms with van der Waals surface area (Å²) >= 11 is 0. The molecule has 0 aliphatic heterocycles. The van der Waals surface area contributed by atoms with Gasteiger partial charge >= 0.3 is 0 Å². The van der Waals surface area contributed by atoms with Crippen LogP contribution in [0, 0.1) is 5.92 Å². The van der Waals surface area contributed by atoms with Crippen LogP contribution < -0.4 is 0 Å². The fourth-order valence-corrected chi connectivity index (χ4v) is 0.769. The zero-order valence-electron chi connectivity index (χ0n) is 6.35.